The predicted molar refractivity (Wildman–Crippen MR) is 69.8 cm³/mol. The first-order chi connectivity index (χ1) is 8.01. The van der Waals surface area contributed by atoms with E-state index in [-0.39, 0.29) is 0 Å². The Morgan fingerprint density at radius 3 is 1.32 bits per heavy atom. The minimum atomic E-state index is -10.7. The minimum absolute atomic E-state index is 1.12. The topological polar surface area (TPSA) is 0 Å². The third-order valence-corrected chi connectivity index (χ3v) is 2.18. The summed E-state index contributed by atoms with van der Waals surface area (Å²) in [6.45, 7) is 3.60. The summed E-state index contributed by atoms with van der Waals surface area (Å²) in [4.78, 5) is 0. The molecule has 0 aromatic carbocycles. The zero-order chi connectivity index (χ0) is 15.9. The molecule has 0 aromatic heterocycles. The van der Waals surface area contributed by atoms with Crippen molar-refractivity contribution in [2.75, 3.05) is 27.7 Å². The van der Waals surface area contributed by atoms with Crippen LogP contribution in [0.3, 0.4) is 0 Å². The molecule has 0 radical (unpaired) electrons. The van der Waals surface area contributed by atoms with Gasteiger partial charge >= 0.3 is 33.0 Å². The van der Waals surface area contributed by atoms with Crippen LogP contribution in [-0.2, 0) is 0 Å². The van der Waals surface area contributed by atoms with Crippen molar-refractivity contribution in [3.8, 4) is 0 Å². The molecule has 0 rings (SSSR count). The van der Waals surface area contributed by atoms with Crippen molar-refractivity contribution in [1.82, 2.24) is 0 Å². The molecule has 1 nitrogen and oxygen atoms in total. The summed E-state index contributed by atoms with van der Waals surface area (Å²) < 4.78 is 60.3. The van der Waals surface area contributed by atoms with Crippen LogP contribution < -0.4 is 0 Å². The summed E-state index contributed by atoms with van der Waals surface area (Å²) in [6, 6.07) is 0. The molecule has 19 heavy (non-hydrogen) atoms. The van der Waals surface area contributed by atoms with Gasteiger partial charge in [0, 0.05) is 0 Å². The molecule has 0 aliphatic rings. The van der Waals surface area contributed by atoms with Crippen LogP contribution in [0.5, 0.6) is 0 Å². The van der Waals surface area contributed by atoms with Crippen LogP contribution in [0.4, 0.5) is 25.2 Å². The van der Waals surface area contributed by atoms with E-state index >= 15 is 0 Å². The van der Waals surface area contributed by atoms with Gasteiger partial charge in [-0.2, -0.15) is 0 Å². The van der Waals surface area contributed by atoms with Crippen molar-refractivity contribution < 1.29 is 29.7 Å². The second-order valence-corrected chi connectivity index (χ2v) is 7.66. The van der Waals surface area contributed by atoms with Gasteiger partial charge in [-0.15, -0.1) is 0 Å². The van der Waals surface area contributed by atoms with E-state index in [4.69, 9.17) is 0 Å². The van der Waals surface area contributed by atoms with E-state index in [0.29, 0.717) is 0 Å². The Labute approximate surface area is 111 Å². The van der Waals surface area contributed by atoms with E-state index < -0.39 is 7.81 Å². The van der Waals surface area contributed by atoms with E-state index in [1.165, 1.54) is 45.1 Å². The monoisotopic (exact) mass is 317 g/mol. The summed E-state index contributed by atoms with van der Waals surface area (Å²) >= 11 is 0. The SMILES string of the molecule is CCCCCCCC[N+](C)(C)C.F[P-](F)(F)(F)(F)F. The van der Waals surface area contributed by atoms with Crippen molar-refractivity contribution in [2.24, 2.45) is 0 Å². The predicted octanol–water partition coefficient (Wildman–Crippen LogP) is 6.44. The maximum atomic E-state index is 9.87. The number of hydrogen-bond acceptors (Lipinski definition) is 0. The number of nitrogens with zero attached hydrogens (tertiary/aromatic N) is 1. The van der Waals surface area contributed by atoms with Crippen molar-refractivity contribution >= 4 is 7.81 Å². The van der Waals surface area contributed by atoms with Crippen LogP contribution in [0.2, 0.25) is 0 Å². The van der Waals surface area contributed by atoms with Gasteiger partial charge in [0.2, 0.25) is 0 Å². The summed E-state index contributed by atoms with van der Waals surface area (Å²) in [5.74, 6) is 0. The number of unbranched alkanes of at least 4 members (excludes halogenated alkanes) is 5. The van der Waals surface area contributed by atoms with Gasteiger partial charge < -0.3 is 4.48 Å². The Kier molecular flexibility index (Phi) is 7.41. The Bertz CT molecular complexity index is 228. The molecule has 0 aliphatic carbocycles. The Balaban J connectivity index is 0. The van der Waals surface area contributed by atoms with Crippen molar-refractivity contribution in [2.45, 2.75) is 45.4 Å². The van der Waals surface area contributed by atoms with E-state index in [2.05, 4.69) is 28.1 Å². The first-order valence-electron chi connectivity index (χ1n) is 6.38. The molecule has 0 spiro atoms. The van der Waals surface area contributed by atoms with Gasteiger partial charge in [0.15, 0.2) is 0 Å². The second-order valence-electron chi connectivity index (χ2n) is 5.74. The van der Waals surface area contributed by atoms with Gasteiger partial charge in [-0.25, -0.2) is 0 Å². The quantitative estimate of drug-likeness (QED) is 0.219. The number of hydrogen-bond donors (Lipinski definition) is 0. The van der Waals surface area contributed by atoms with Gasteiger partial charge in [0.05, 0.1) is 27.7 Å². The average molecular weight is 317 g/mol. The molecule has 0 aromatic rings. The van der Waals surface area contributed by atoms with Crippen molar-refractivity contribution in [3.05, 3.63) is 0 Å². The molecule has 0 saturated carbocycles. The molecule has 0 unspecified atom stereocenters. The molecule has 0 aliphatic heterocycles. The Morgan fingerprint density at radius 2 is 1.00 bits per heavy atom. The molecule has 122 valence electrons. The van der Waals surface area contributed by atoms with Crippen LogP contribution in [-0.4, -0.2) is 32.2 Å². The molecule has 0 heterocycles. The first-order valence-corrected chi connectivity index (χ1v) is 8.41. The Morgan fingerprint density at radius 1 is 0.684 bits per heavy atom. The first kappa shape index (κ1) is 21.3. The number of quaternary nitrogens is 1. The second kappa shape index (κ2) is 6.61. The maximum absolute atomic E-state index is 10.7. The third kappa shape index (κ3) is 57.0. The van der Waals surface area contributed by atoms with Crippen molar-refractivity contribution in [1.29, 1.82) is 0 Å². The van der Waals surface area contributed by atoms with Gasteiger partial charge in [-0.3, -0.25) is 0 Å². The molecule has 8 heteroatoms. The van der Waals surface area contributed by atoms with Gasteiger partial charge in [-0.05, 0) is 12.8 Å². The zero-order valence-corrected chi connectivity index (χ0v) is 13.0. The van der Waals surface area contributed by atoms with Gasteiger partial charge in [0.25, 0.3) is 0 Å². The van der Waals surface area contributed by atoms with Crippen LogP contribution in [0.1, 0.15) is 45.4 Å². The fourth-order valence-electron chi connectivity index (χ4n) is 1.37. The summed E-state index contributed by atoms with van der Waals surface area (Å²) in [5, 5.41) is 0. The number of halogens is 6. The number of rotatable bonds is 7. The standard InChI is InChI=1S/C11H26N.F6P/c1-5-6-7-8-9-10-11-12(2,3)4;1-7(2,3,4,5)6/h5-11H2,1-4H3;/q+1;-1. The van der Waals surface area contributed by atoms with Gasteiger partial charge in [-0.1, -0.05) is 32.6 Å². The fourth-order valence-corrected chi connectivity index (χ4v) is 1.37. The zero-order valence-electron chi connectivity index (χ0n) is 12.1. The molecule has 0 bridgehead atoms. The van der Waals surface area contributed by atoms with E-state index in [1.54, 1.807) is 0 Å². The molecule has 0 atom stereocenters. The van der Waals surface area contributed by atoms with E-state index in [0.717, 1.165) is 4.48 Å². The van der Waals surface area contributed by atoms with E-state index in [9.17, 15) is 25.2 Å². The van der Waals surface area contributed by atoms with Crippen LogP contribution in [0, 0.1) is 0 Å². The van der Waals surface area contributed by atoms with Gasteiger partial charge in [0.1, 0.15) is 0 Å². The van der Waals surface area contributed by atoms with Crippen LogP contribution >= 0.6 is 7.81 Å². The molecular formula is C11H26F6NP. The summed E-state index contributed by atoms with van der Waals surface area (Å²) in [6.07, 6.45) is 8.48. The molecule has 0 saturated heterocycles. The molecular weight excluding hydrogens is 291 g/mol. The Hall–Kier alpha value is -0.0300. The third-order valence-electron chi connectivity index (χ3n) is 2.18. The molecule has 0 amide bonds. The average Bonchev–Trinajstić information content (AvgIpc) is 2.03. The normalized spacial score (nSPS) is 16.1. The summed E-state index contributed by atoms with van der Waals surface area (Å²) in [5.41, 5.74) is 0. The van der Waals surface area contributed by atoms with Crippen LogP contribution in [0.15, 0.2) is 0 Å². The molecule has 0 fully saturated rings. The molecule has 0 N–H and O–H groups in total. The fraction of sp³-hybridized carbons (Fsp3) is 1.00. The summed E-state index contributed by atoms with van der Waals surface area (Å²) in [7, 11) is -3.85. The van der Waals surface area contributed by atoms with E-state index in [1.807, 2.05) is 0 Å². The van der Waals surface area contributed by atoms with Crippen LogP contribution in [0.25, 0.3) is 0 Å². The van der Waals surface area contributed by atoms with Crippen molar-refractivity contribution in [3.63, 3.8) is 0 Å².